The zero-order valence-electron chi connectivity index (χ0n) is 8.10. The molecule has 0 fully saturated rings. The van der Waals surface area contributed by atoms with Crippen LogP contribution in [0.15, 0.2) is 24.3 Å². The fraction of sp³-hybridized carbons (Fsp3) is 0.200. The first kappa shape index (κ1) is 8.74. The van der Waals surface area contributed by atoms with E-state index in [1.807, 2.05) is 19.9 Å². The molecule has 4 nitrogen and oxygen atoms in total. The van der Waals surface area contributed by atoms with E-state index in [1.165, 1.54) is 0 Å². The predicted molar refractivity (Wildman–Crippen MR) is 52.5 cm³/mol. The van der Waals surface area contributed by atoms with Crippen LogP contribution in [-0.2, 0) is 0 Å². The maximum atomic E-state index is 9.61. The lowest BCUT2D eigenvalue weighted by atomic mass is 10.3. The van der Waals surface area contributed by atoms with Crippen LogP contribution in [0, 0.1) is 13.8 Å². The van der Waals surface area contributed by atoms with Gasteiger partial charge in [-0.25, -0.2) is 4.68 Å². The SMILES string of the molecule is Cc1nnn(-c2ccccc2O)c1C. The maximum Gasteiger partial charge on any atom is 0.141 e. The number of hydrogen-bond acceptors (Lipinski definition) is 3. The minimum atomic E-state index is 0.209. The Morgan fingerprint density at radius 3 is 2.50 bits per heavy atom. The monoisotopic (exact) mass is 189 g/mol. The second-order valence-corrected chi connectivity index (χ2v) is 3.16. The molecule has 2 rings (SSSR count). The largest absolute Gasteiger partial charge is 0.506 e. The molecule has 4 heteroatoms. The summed E-state index contributed by atoms with van der Waals surface area (Å²) in [5, 5.41) is 17.5. The lowest BCUT2D eigenvalue weighted by Gasteiger charge is -2.04. The molecule has 0 radical (unpaired) electrons. The van der Waals surface area contributed by atoms with E-state index in [0.29, 0.717) is 5.69 Å². The van der Waals surface area contributed by atoms with Crippen LogP contribution in [0.25, 0.3) is 5.69 Å². The summed E-state index contributed by atoms with van der Waals surface area (Å²) < 4.78 is 1.63. The second kappa shape index (κ2) is 3.14. The van der Waals surface area contributed by atoms with Gasteiger partial charge < -0.3 is 5.11 Å². The van der Waals surface area contributed by atoms with Gasteiger partial charge in [0, 0.05) is 0 Å². The number of phenols is 1. The van der Waals surface area contributed by atoms with Crippen LogP contribution in [0.2, 0.25) is 0 Å². The zero-order valence-corrected chi connectivity index (χ0v) is 8.10. The smallest absolute Gasteiger partial charge is 0.141 e. The van der Waals surface area contributed by atoms with E-state index in [4.69, 9.17) is 0 Å². The first-order valence-corrected chi connectivity index (χ1v) is 4.37. The second-order valence-electron chi connectivity index (χ2n) is 3.16. The van der Waals surface area contributed by atoms with E-state index in [0.717, 1.165) is 11.4 Å². The number of phenolic OH excluding ortho intramolecular Hbond substituents is 1. The number of nitrogens with zero attached hydrogens (tertiary/aromatic N) is 3. The Bertz CT molecular complexity index is 462. The van der Waals surface area contributed by atoms with Crippen molar-refractivity contribution in [1.82, 2.24) is 15.0 Å². The first-order valence-electron chi connectivity index (χ1n) is 4.37. The van der Waals surface area contributed by atoms with Crippen molar-refractivity contribution in [1.29, 1.82) is 0 Å². The van der Waals surface area contributed by atoms with Crippen LogP contribution < -0.4 is 0 Å². The number of benzene rings is 1. The van der Waals surface area contributed by atoms with Crippen LogP contribution in [0.1, 0.15) is 11.4 Å². The van der Waals surface area contributed by atoms with Crippen LogP contribution in [-0.4, -0.2) is 20.1 Å². The molecule has 1 N–H and O–H groups in total. The molecule has 0 amide bonds. The van der Waals surface area contributed by atoms with Crippen molar-refractivity contribution in [2.75, 3.05) is 0 Å². The molecule has 0 unspecified atom stereocenters. The summed E-state index contributed by atoms with van der Waals surface area (Å²) in [6, 6.07) is 7.06. The Labute approximate surface area is 81.8 Å². The lowest BCUT2D eigenvalue weighted by Crippen LogP contribution is -1.99. The predicted octanol–water partition coefficient (Wildman–Crippen LogP) is 1.59. The Morgan fingerprint density at radius 1 is 1.21 bits per heavy atom. The van der Waals surface area contributed by atoms with Crippen LogP contribution in [0.3, 0.4) is 0 Å². The highest BCUT2D eigenvalue weighted by atomic mass is 16.3. The van der Waals surface area contributed by atoms with Crippen LogP contribution >= 0.6 is 0 Å². The molecule has 0 aliphatic rings. The summed E-state index contributed by atoms with van der Waals surface area (Å²) in [4.78, 5) is 0. The Kier molecular flexibility index (Phi) is 1.96. The quantitative estimate of drug-likeness (QED) is 0.741. The molecule has 1 aromatic heterocycles. The summed E-state index contributed by atoms with van der Waals surface area (Å²) in [5.74, 6) is 0.209. The number of rotatable bonds is 1. The number of aryl methyl sites for hydroxylation is 1. The molecule has 0 aliphatic heterocycles. The van der Waals surface area contributed by atoms with E-state index in [-0.39, 0.29) is 5.75 Å². The molecule has 0 saturated heterocycles. The van der Waals surface area contributed by atoms with E-state index < -0.39 is 0 Å². The van der Waals surface area contributed by atoms with Crippen LogP contribution in [0.5, 0.6) is 5.75 Å². The van der Waals surface area contributed by atoms with Crippen LogP contribution in [0.4, 0.5) is 0 Å². The van der Waals surface area contributed by atoms with E-state index in [9.17, 15) is 5.11 Å². The first-order chi connectivity index (χ1) is 6.70. The summed E-state index contributed by atoms with van der Waals surface area (Å²) in [7, 11) is 0. The fourth-order valence-electron chi connectivity index (χ4n) is 1.28. The van der Waals surface area contributed by atoms with Gasteiger partial charge >= 0.3 is 0 Å². The van der Waals surface area contributed by atoms with Crippen molar-refractivity contribution in [2.24, 2.45) is 0 Å². The molecule has 0 bridgehead atoms. The van der Waals surface area contributed by atoms with Gasteiger partial charge in [-0.05, 0) is 26.0 Å². The molecule has 14 heavy (non-hydrogen) atoms. The average molecular weight is 189 g/mol. The van der Waals surface area contributed by atoms with Gasteiger partial charge in [0.05, 0.1) is 11.4 Å². The maximum absolute atomic E-state index is 9.61. The van der Waals surface area contributed by atoms with Gasteiger partial charge in [-0.15, -0.1) is 5.10 Å². The Morgan fingerprint density at radius 2 is 1.93 bits per heavy atom. The normalized spacial score (nSPS) is 10.4. The third-order valence-electron chi connectivity index (χ3n) is 2.24. The van der Waals surface area contributed by atoms with Crippen molar-refractivity contribution in [2.45, 2.75) is 13.8 Å². The van der Waals surface area contributed by atoms with Gasteiger partial charge in [-0.1, -0.05) is 17.3 Å². The van der Waals surface area contributed by atoms with Gasteiger partial charge in [-0.3, -0.25) is 0 Å². The Hall–Kier alpha value is -1.84. The van der Waals surface area contributed by atoms with E-state index in [2.05, 4.69) is 10.3 Å². The van der Waals surface area contributed by atoms with Gasteiger partial charge in [0.15, 0.2) is 0 Å². The third-order valence-corrected chi connectivity index (χ3v) is 2.24. The number of aromatic hydroxyl groups is 1. The molecule has 0 spiro atoms. The van der Waals surface area contributed by atoms with Crippen molar-refractivity contribution in [3.63, 3.8) is 0 Å². The molecule has 1 aromatic carbocycles. The van der Waals surface area contributed by atoms with Gasteiger partial charge in [0.25, 0.3) is 0 Å². The Balaban J connectivity index is 2.60. The number of hydrogen-bond donors (Lipinski definition) is 1. The molecular weight excluding hydrogens is 178 g/mol. The van der Waals surface area contributed by atoms with Gasteiger partial charge in [0.1, 0.15) is 11.4 Å². The molecule has 2 aromatic rings. The van der Waals surface area contributed by atoms with Crippen molar-refractivity contribution in [3.05, 3.63) is 35.7 Å². The standard InChI is InChI=1S/C10H11N3O/c1-7-8(2)13(12-11-7)9-5-3-4-6-10(9)14/h3-6,14H,1-2H3. The van der Waals surface area contributed by atoms with Gasteiger partial charge in [-0.2, -0.15) is 0 Å². The molecule has 0 atom stereocenters. The summed E-state index contributed by atoms with van der Waals surface area (Å²) in [5.41, 5.74) is 2.46. The summed E-state index contributed by atoms with van der Waals surface area (Å²) >= 11 is 0. The molecule has 1 heterocycles. The minimum absolute atomic E-state index is 0.209. The highest BCUT2D eigenvalue weighted by Crippen LogP contribution is 2.21. The molecule has 0 aliphatic carbocycles. The molecular formula is C10H11N3O. The zero-order chi connectivity index (χ0) is 10.1. The average Bonchev–Trinajstić information content (AvgIpc) is 2.49. The van der Waals surface area contributed by atoms with E-state index in [1.54, 1.807) is 22.9 Å². The number of para-hydroxylation sites is 2. The molecule has 72 valence electrons. The number of aromatic nitrogens is 3. The van der Waals surface area contributed by atoms with E-state index >= 15 is 0 Å². The topological polar surface area (TPSA) is 50.9 Å². The van der Waals surface area contributed by atoms with Crippen molar-refractivity contribution < 1.29 is 5.11 Å². The lowest BCUT2D eigenvalue weighted by molar-refractivity contribution is 0.469. The summed E-state index contributed by atoms with van der Waals surface area (Å²) in [6.07, 6.45) is 0. The fourth-order valence-corrected chi connectivity index (χ4v) is 1.28. The van der Waals surface area contributed by atoms with Gasteiger partial charge in [0.2, 0.25) is 0 Å². The summed E-state index contributed by atoms with van der Waals surface area (Å²) in [6.45, 7) is 3.81. The highest BCUT2D eigenvalue weighted by Gasteiger charge is 2.08. The minimum Gasteiger partial charge on any atom is -0.506 e. The third kappa shape index (κ3) is 1.25. The van der Waals surface area contributed by atoms with Crippen molar-refractivity contribution >= 4 is 0 Å². The molecule has 0 saturated carbocycles. The van der Waals surface area contributed by atoms with Crippen molar-refractivity contribution in [3.8, 4) is 11.4 Å². The highest BCUT2D eigenvalue weighted by molar-refractivity contribution is 5.45.